The third-order valence-corrected chi connectivity index (χ3v) is 5.50. The lowest BCUT2D eigenvalue weighted by Crippen LogP contribution is -2.40. The summed E-state index contributed by atoms with van der Waals surface area (Å²) in [5.41, 5.74) is 9.71. The van der Waals surface area contributed by atoms with E-state index in [9.17, 15) is 0 Å². The lowest BCUT2D eigenvalue weighted by molar-refractivity contribution is 0.264. The van der Waals surface area contributed by atoms with E-state index in [2.05, 4.69) is 95.7 Å². The van der Waals surface area contributed by atoms with Crippen molar-refractivity contribution in [2.24, 2.45) is 27.1 Å². The normalized spacial score (nSPS) is 19.4. The van der Waals surface area contributed by atoms with Crippen molar-refractivity contribution < 1.29 is 0 Å². The standard InChI is InChI=1S/C24H36N4/c1-9-17(11-10-16(2)23(3,4)5)20-26-21(28-22(25)27-20)18-12-14-19(15-13-18)24(6,7)8/h9,11-16,21H,1,10H2,2-8H3,(H3,25,26,27,28)/b17-11+. The summed E-state index contributed by atoms with van der Waals surface area (Å²) in [5, 5.41) is 3.10. The molecule has 1 aromatic rings. The average Bonchev–Trinajstić information content (AvgIpc) is 2.60. The third-order valence-electron chi connectivity index (χ3n) is 5.50. The number of nitrogens with one attached hydrogen (secondary N) is 1. The van der Waals surface area contributed by atoms with E-state index in [1.165, 1.54) is 5.56 Å². The molecule has 1 aromatic carbocycles. The number of amidine groups is 1. The Morgan fingerprint density at radius 3 is 2.25 bits per heavy atom. The number of nitrogens with two attached hydrogens (primary N) is 1. The molecule has 1 aliphatic rings. The van der Waals surface area contributed by atoms with Crippen LogP contribution in [0.2, 0.25) is 0 Å². The van der Waals surface area contributed by atoms with Crippen LogP contribution in [-0.2, 0) is 5.41 Å². The molecular weight excluding hydrogens is 344 g/mol. The molecule has 0 amide bonds. The van der Waals surface area contributed by atoms with Crippen LogP contribution in [0, 0.1) is 11.3 Å². The summed E-state index contributed by atoms with van der Waals surface area (Å²) < 4.78 is 0. The van der Waals surface area contributed by atoms with Gasteiger partial charge in [0, 0.05) is 5.57 Å². The quantitative estimate of drug-likeness (QED) is 0.664. The van der Waals surface area contributed by atoms with Gasteiger partial charge in [0.2, 0.25) is 0 Å². The second-order valence-corrected chi connectivity index (χ2v) is 9.73. The maximum absolute atomic E-state index is 6.07. The molecular formula is C24H36N4. The molecule has 0 aromatic heterocycles. The van der Waals surface area contributed by atoms with Crippen LogP contribution in [0.1, 0.15) is 72.2 Å². The highest BCUT2D eigenvalue weighted by molar-refractivity contribution is 6.10. The van der Waals surface area contributed by atoms with E-state index in [1.54, 1.807) is 0 Å². The highest BCUT2D eigenvalue weighted by Crippen LogP contribution is 2.30. The topological polar surface area (TPSA) is 62.8 Å². The zero-order valence-corrected chi connectivity index (χ0v) is 18.5. The molecule has 4 heteroatoms. The number of rotatable bonds is 5. The Kier molecular flexibility index (Phi) is 6.53. The molecule has 2 unspecified atom stereocenters. The van der Waals surface area contributed by atoms with Gasteiger partial charge in [0.15, 0.2) is 12.1 Å². The highest BCUT2D eigenvalue weighted by Gasteiger charge is 2.21. The van der Waals surface area contributed by atoms with E-state index >= 15 is 0 Å². The van der Waals surface area contributed by atoms with Gasteiger partial charge in [-0.1, -0.05) is 91.5 Å². The minimum Gasteiger partial charge on any atom is -0.370 e. The van der Waals surface area contributed by atoms with Gasteiger partial charge >= 0.3 is 0 Å². The molecule has 2 atom stereocenters. The first-order valence-electron chi connectivity index (χ1n) is 10.0. The van der Waals surface area contributed by atoms with E-state index in [1.807, 2.05) is 6.08 Å². The van der Waals surface area contributed by atoms with Gasteiger partial charge in [-0.05, 0) is 34.3 Å². The first-order chi connectivity index (χ1) is 12.9. The van der Waals surface area contributed by atoms with Crippen molar-refractivity contribution in [3.05, 3.63) is 59.7 Å². The number of nitrogens with zero attached hydrogens (tertiary/aromatic N) is 2. The summed E-state index contributed by atoms with van der Waals surface area (Å²) in [4.78, 5) is 9.28. The Bertz CT molecular complexity index is 783. The molecule has 0 saturated heterocycles. The van der Waals surface area contributed by atoms with Crippen LogP contribution in [0.4, 0.5) is 0 Å². The second-order valence-electron chi connectivity index (χ2n) is 9.73. The molecule has 3 N–H and O–H groups in total. The fourth-order valence-corrected chi connectivity index (χ4v) is 2.85. The van der Waals surface area contributed by atoms with E-state index in [0.29, 0.717) is 11.9 Å². The van der Waals surface area contributed by atoms with Crippen LogP contribution in [0.25, 0.3) is 0 Å². The van der Waals surface area contributed by atoms with Gasteiger partial charge in [0.1, 0.15) is 5.84 Å². The Morgan fingerprint density at radius 1 is 1.14 bits per heavy atom. The molecule has 2 rings (SSSR count). The molecule has 0 bridgehead atoms. The number of aliphatic imine (C=N–C) groups is 2. The fourth-order valence-electron chi connectivity index (χ4n) is 2.85. The van der Waals surface area contributed by atoms with Crippen LogP contribution in [0.15, 0.2) is 58.6 Å². The molecule has 4 nitrogen and oxygen atoms in total. The Labute approximate surface area is 170 Å². The van der Waals surface area contributed by atoms with Crippen LogP contribution in [0.5, 0.6) is 0 Å². The maximum atomic E-state index is 6.07. The van der Waals surface area contributed by atoms with Gasteiger partial charge in [-0.25, -0.2) is 9.98 Å². The first-order valence-corrected chi connectivity index (χ1v) is 10.0. The van der Waals surface area contributed by atoms with Crippen LogP contribution in [0.3, 0.4) is 0 Å². The van der Waals surface area contributed by atoms with Crippen molar-refractivity contribution in [2.75, 3.05) is 0 Å². The summed E-state index contributed by atoms with van der Waals surface area (Å²) in [6, 6.07) is 8.47. The lowest BCUT2D eigenvalue weighted by atomic mass is 9.80. The molecule has 0 saturated carbocycles. The highest BCUT2D eigenvalue weighted by atomic mass is 15.2. The summed E-state index contributed by atoms with van der Waals surface area (Å²) in [6.45, 7) is 19.6. The van der Waals surface area contributed by atoms with E-state index in [-0.39, 0.29) is 17.0 Å². The fraction of sp³-hybridized carbons (Fsp3) is 0.500. The molecule has 0 spiro atoms. The predicted molar refractivity (Wildman–Crippen MR) is 122 cm³/mol. The van der Waals surface area contributed by atoms with Crippen LogP contribution in [-0.4, -0.2) is 11.8 Å². The van der Waals surface area contributed by atoms with Crippen LogP contribution >= 0.6 is 0 Å². The minimum absolute atomic E-state index is 0.117. The number of benzene rings is 1. The summed E-state index contributed by atoms with van der Waals surface area (Å²) >= 11 is 0. The number of guanidine groups is 1. The molecule has 28 heavy (non-hydrogen) atoms. The Balaban J connectivity index is 2.28. The van der Waals surface area contributed by atoms with Crippen molar-refractivity contribution in [3.63, 3.8) is 0 Å². The van der Waals surface area contributed by atoms with Gasteiger partial charge < -0.3 is 11.1 Å². The zero-order chi connectivity index (χ0) is 21.1. The Morgan fingerprint density at radius 2 is 1.75 bits per heavy atom. The molecule has 0 aliphatic carbocycles. The molecule has 0 fully saturated rings. The summed E-state index contributed by atoms with van der Waals surface area (Å²) in [7, 11) is 0. The smallest absolute Gasteiger partial charge is 0.196 e. The van der Waals surface area contributed by atoms with Crippen molar-refractivity contribution >= 4 is 11.8 Å². The maximum Gasteiger partial charge on any atom is 0.196 e. The number of allylic oxidation sites excluding steroid dienone is 1. The molecule has 0 radical (unpaired) electrons. The van der Waals surface area contributed by atoms with Crippen molar-refractivity contribution in [2.45, 2.75) is 66.5 Å². The number of hydrogen-bond donors (Lipinski definition) is 2. The third kappa shape index (κ3) is 5.57. The van der Waals surface area contributed by atoms with Crippen molar-refractivity contribution in [1.82, 2.24) is 5.32 Å². The zero-order valence-electron chi connectivity index (χ0n) is 18.5. The van der Waals surface area contributed by atoms with Crippen LogP contribution < -0.4 is 11.1 Å². The summed E-state index contributed by atoms with van der Waals surface area (Å²) in [6.07, 6.45) is 4.63. The molecule has 1 aliphatic heterocycles. The van der Waals surface area contributed by atoms with Gasteiger partial charge in [0.05, 0.1) is 0 Å². The lowest BCUT2D eigenvalue weighted by Gasteiger charge is -2.26. The largest absolute Gasteiger partial charge is 0.370 e. The molecule has 1 heterocycles. The van der Waals surface area contributed by atoms with Gasteiger partial charge in [-0.3, -0.25) is 0 Å². The minimum atomic E-state index is -0.339. The van der Waals surface area contributed by atoms with Gasteiger partial charge in [-0.15, -0.1) is 0 Å². The Hall–Kier alpha value is -2.36. The molecule has 152 valence electrons. The van der Waals surface area contributed by atoms with Crippen molar-refractivity contribution in [3.8, 4) is 0 Å². The number of hydrogen-bond acceptors (Lipinski definition) is 4. The summed E-state index contributed by atoms with van der Waals surface area (Å²) in [5.74, 6) is 1.65. The van der Waals surface area contributed by atoms with Gasteiger partial charge in [-0.2, -0.15) is 0 Å². The SMILES string of the molecule is C=C/C(=C\CC(C)C(C)(C)C)C1=NC(c2ccc(C(C)(C)C)cc2)N=C(N)N1. The van der Waals surface area contributed by atoms with E-state index < -0.39 is 0 Å². The second kappa shape index (κ2) is 8.34. The van der Waals surface area contributed by atoms with Crippen molar-refractivity contribution in [1.29, 1.82) is 0 Å². The van der Waals surface area contributed by atoms with E-state index in [4.69, 9.17) is 10.7 Å². The predicted octanol–water partition coefficient (Wildman–Crippen LogP) is 5.48. The monoisotopic (exact) mass is 380 g/mol. The van der Waals surface area contributed by atoms with E-state index in [0.717, 1.165) is 23.4 Å². The average molecular weight is 381 g/mol. The van der Waals surface area contributed by atoms with Gasteiger partial charge in [0.25, 0.3) is 0 Å². The first kappa shape index (κ1) is 21.9.